The molecule has 39 heavy (non-hydrogen) atoms. The van der Waals surface area contributed by atoms with E-state index in [2.05, 4.69) is 29.5 Å². The van der Waals surface area contributed by atoms with Crippen molar-refractivity contribution < 1.29 is 24.2 Å². The lowest BCUT2D eigenvalue weighted by molar-refractivity contribution is -0.138. The highest BCUT2D eigenvalue weighted by atomic mass is 16.6. The van der Waals surface area contributed by atoms with Crippen molar-refractivity contribution in [1.82, 2.24) is 15.5 Å². The van der Waals surface area contributed by atoms with E-state index >= 15 is 0 Å². The molecule has 2 atom stereocenters. The van der Waals surface area contributed by atoms with Crippen LogP contribution in [0.4, 0.5) is 4.79 Å². The maximum absolute atomic E-state index is 13.9. The van der Waals surface area contributed by atoms with Gasteiger partial charge < -0.3 is 20.5 Å². The summed E-state index contributed by atoms with van der Waals surface area (Å²) in [6.07, 6.45) is 13.2. The second kappa shape index (κ2) is 14.5. The number of hydrogen-bond donors (Lipinski definition) is 3. The number of rotatable bonds is 11. The van der Waals surface area contributed by atoms with E-state index in [0.29, 0.717) is 23.2 Å². The van der Waals surface area contributed by atoms with E-state index in [4.69, 9.17) is 17.6 Å². The third kappa shape index (κ3) is 9.75. The van der Waals surface area contributed by atoms with Gasteiger partial charge in [0.1, 0.15) is 23.4 Å². The molecule has 3 N–H and O–H groups in total. The maximum atomic E-state index is 13.9. The van der Waals surface area contributed by atoms with Crippen LogP contribution < -0.4 is 10.6 Å². The van der Waals surface area contributed by atoms with Crippen molar-refractivity contribution in [3.8, 4) is 30.6 Å². The molecule has 0 aliphatic rings. The van der Waals surface area contributed by atoms with Crippen molar-refractivity contribution in [2.75, 3.05) is 6.54 Å². The minimum Gasteiger partial charge on any atom is -0.508 e. The summed E-state index contributed by atoms with van der Waals surface area (Å²) in [5.74, 6) is 1.46. The van der Waals surface area contributed by atoms with Crippen LogP contribution in [0.2, 0.25) is 0 Å². The number of phenols is 1. The zero-order chi connectivity index (χ0) is 29.0. The zero-order valence-electron chi connectivity index (χ0n) is 23.0. The Morgan fingerprint density at radius 1 is 1.03 bits per heavy atom. The number of benzene rings is 2. The Bertz CT molecular complexity index is 1200. The fourth-order valence-corrected chi connectivity index (χ4v) is 3.81. The van der Waals surface area contributed by atoms with Crippen LogP contribution in [-0.2, 0) is 20.7 Å². The van der Waals surface area contributed by atoms with Crippen molar-refractivity contribution in [3.05, 3.63) is 65.2 Å². The number of terminal acetylenes is 2. The summed E-state index contributed by atoms with van der Waals surface area (Å²) < 4.78 is 5.37. The molecule has 0 heterocycles. The molecule has 0 aromatic heterocycles. The monoisotopic (exact) mass is 531 g/mol. The van der Waals surface area contributed by atoms with Crippen molar-refractivity contribution in [2.45, 2.75) is 71.1 Å². The number of unbranched alkanes of at least 4 members (excludes halogenated alkanes) is 2. The summed E-state index contributed by atoms with van der Waals surface area (Å²) in [4.78, 5) is 41.0. The number of carbonyl (C=O) groups excluding carboxylic acids is 3. The maximum Gasteiger partial charge on any atom is 0.408 e. The number of nitrogens with one attached hydrogen (secondary N) is 2. The molecule has 2 aromatic rings. The lowest BCUT2D eigenvalue weighted by atomic mass is 10.00. The average molecular weight is 532 g/mol. The van der Waals surface area contributed by atoms with E-state index in [0.717, 1.165) is 24.2 Å². The Labute approximate surface area is 231 Å². The molecule has 0 aliphatic heterocycles. The molecule has 0 fully saturated rings. The molecule has 0 aliphatic carbocycles. The number of ether oxygens (including phenoxy) is 1. The van der Waals surface area contributed by atoms with Crippen LogP contribution in [0.25, 0.3) is 0 Å². The standard InChI is InChI=1S/C31H37N3O5/c1-7-10-11-20-32-28(36)27(24-16-12-22(8-2)13-17-24)34(9-3)29(37)26(33-30(38)39-31(4,5)6)21-23-14-18-25(35)19-15-23/h2-3,12-19,26-27,35H,7,10-11,20-21H2,1,4-6H3,(H,32,36)(H,33,38). The number of amides is 3. The predicted molar refractivity (Wildman–Crippen MR) is 150 cm³/mol. The zero-order valence-corrected chi connectivity index (χ0v) is 23.0. The van der Waals surface area contributed by atoms with Gasteiger partial charge in [-0.25, -0.2) is 4.79 Å². The molecule has 0 spiro atoms. The minimum absolute atomic E-state index is 0.0391. The topological polar surface area (TPSA) is 108 Å². The molecule has 0 saturated heterocycles. The highest BCUT2D eigenvalue weighted by Crippen LogP contribution is 2.24. The first-order chi connectivity index (χ1) is 18.5. The molecule has 2 aromatic carbocycles. The second-order valence-corrected chi connectivity index (χ2v) is 10.1. The Morgan fingerprint density at radius 3 is 2.21 bits per heavy atom. The lowest BCUT2D eigenvalue weighted by Gasteiger charge is -2.30. The normalized spacial score (nSPS) is 12.3. The molecule has 206 valence electrons. The van der Waals surface area contributed by atoms with Crippen LogP contribution in [0.1, 0.15) is 69.7 Å². The summed E-state index contributed by atoms with van der Waals surface area (Å²) in [5, 5.41) is 15.1. The van der Waals surface area contributed by atoms with Gasteiger partial charge in [0.2, 0.25) is 5.91 Å². The van der Waals surface area contributed by atoms with Crippen LogP contribution in [-0.4, -0.2) is 46.1 Å². The largest absolute Gasteiger partial charge is 0.508 e. The first kappa shape index (κ1) is 30.8. The molecular formula is C31H37N3O5. The fraction of sp³-hybridized carbons (Fsp3) is 0.387. The Balaban J connectivity index is 2.45. The van der Waals surface area contributed by atoms with Gasteiger partial charge in [-0.2, -0.15) is 0 Å². The van der Waals surface area contributed by atoms with E-state index in [1.54, 1.807) is 57.2 Å². The molecule has 0 saturated carbocycles. The van der Waals surface area contributed by atoms with E-state index in [-0.39, 0.29) is 12.2 Å². The molecular weight excluding hydrogens is 494 g/mol. The van der Waals surface area contributed by atoms with E-state index < -0.39 is 35.6 Å². The third-order valence-electron chi connectivity index (χ3n) is 5.72. The lowest BCUT2D eigenvalue weighted by Crippen LogP contribution is -2.52. The van der Waals surface area contributed by atoms with Gasteiger partial charge in [0, 0.05) is 24.6 Å². The van der Waals surface area contributed by atoms with Crippen LogP contribution in [0, 0.1) is 24.8 Å². The summed E-state index contributed by atoms with van der Waals surface area (Å²) in [6.45, 7) is 7.59. The smallest absolute Gasteiger partial charge is 0.408 e. The van der Waals surface area contributed by atoms with Gasteiger partial charge in [-0.1, -0.05) is 56.4 Å². The number of nitrogens with zero attached hydrogens (tertiary/aromatic N) is 1. The average Bonchev–Trinajstić information content (AvgIpc) is 2.89. The Hall–Kier alpha value is -4.43. The molecule has 2 rings (SSSR count). The number of carbonyl (C=O) groups is 3. The van der Waals surface area contributed by atoms with Crippen molar-refractivity contribution in [3.63, 3.8) is 0 Å². The van der Waals surface area contributed by atoms with Crippen LogP contribution >= 0.6 is 0 Å². The summed E-state index contributed by atoms with van der Waals surface area (Å²) in [5.41, 5.74) is 0.921. The predicted octanol–water partition coefficient (Wildman–Crippen LogP) is 4.28. The first-order valence-corrected chi connectivity index (χ1v) is 12.9. The van der Waals surface area contributed by atoms with Gasteiger partial charge in [0.25, 0.3) is 5.91 Å². The van der Waals surface area contributed by atoms with Crippen molar-refractivity contribution in [1.29, 1.82) is 0 Å². The van der Waals surface area contributed by atoms with Gasteiger partial charge in [-0.3, -0.25) is 14.5 Å². The van der Waals surface area contributed by atoms with E-state index in [1.807, 2.05) is 0 Å². The van der Waals surface area contributed by atoms with Gasteiger partial charge in [0.15, 0.2) is 0 Å². The van der Waals surface area contributed by atoms with Gasteiger partial charge in [0.05, 0.1) is 0 Å². The van der Waals surface area contributed by atoms with Crippen molar-refractivity contribution in [2.24, 2.45) is 0 Å². The molecule has 8 nitrogen and oxygen atoms in total. The first-order valence-electron chi connectivity index (χ1n) is 12.9. The van der Waals surface area contributed by atoms with Crippen LogP contribution in [0.3, 0.4) is 0 Å². The van der Waals surface area contributed by atoms with Crippen molar-refractivity contribution >= 4 is 17.9 Å². The number of hydrogen-bond acceptors (Lipinski definition) is 5. The quantitative estimate of drug-likeness (QED) is 0.228. The van der Waals surface area contributed by atoms with E-state index in [1.165, 1.54) is 12.1 Å². The molecule has 8 heteroatoms. The minimum atomic E-state index is -1.17. The fourth-order valence-electron chi connectivity index (χ4n) is 3.81. The number of alkyl carbamates (subject to hydrolysis) is 1. The van der Waals surface area contributed by atoms with E-state index in [9.17, 15) is 19.5 Å². The summed E-state index contributed by atoms with van der Waals surface area (Å²) in [7, 11) is 0. The SMILES string of the molecule is C#Cc1ccc(C(C(=O)NCCCCC)N(C#C)C(=O)C(Cc2ccc(O)cc2)NC(=O)OC(C)(C)C)cc1. The second-order valence-electron chi connectivity index (χ2n) is 10.1. The number of phenolic OH excluding ortho intramolecular Hbond substituents is 1. The third-order valence-corrected chi connectivity index (χ3v) is 5.72. The summed E-state index contributed by atoms with van der Waals surface area (Å²) in [6, 6.07) is 12.9. The number of aromatic hydroxyl groups is 1. The van der Waals surface area contributed by atoms with Crippen LogP contribution in [0.5, 0.6) is 5.75 Å². The molecule has 2 unspecified atom stereocenters. The molecule has 0 bridgehead atoms. The van der Waals surface area contributed by atoms with Gasteiger partial charge >= 0.3 is 6.09 Å². The Kier molecular flexibility index (Phi) is 11.4. The van der Waals surface area contributed by atoms with Crippen LogP contribution in [0.15, 0.2) is 48.5 Å². The Morgan fingerprint density at radius 2 is 1.67 bits per heavy atom. The van der Waals surface area contributed by atoms with Gasteiger partial charge in [-0.15, -0.1) is 6.42 Å². The molecule has 0 radical (unpaired) electrons. The summed E-state index contributed by atoms with van der Waals surface area (Å²) >= 11 is 0. The highest BCUT2D eigenvalue weighted by molar-refractivity contribution is 5.93. The van der Waals surface area contributed by atoms with Gasteiger partial charge in [-0.05, 0) is 62.6 Å². The molecule has 3 amide bonds. The highest BCUT2D eigenvalue weighted by Gasteiger charge is 2.36.